The molecule has 6 nitrogen and oxygen atoms in total. The second-order valence-electron chi connectivity index (χ2n) is 20.1. The third-order valence-electron chi connectivity index (χ3n) is 16.3. The topological polar surface area (TPSA) is 87.1 Å². The van der Waals surface area contributed by atoms with Crippen molar-refractivity contribution in [3.05, 3.63) is 149 Å². The summed E-state index contributed by atoms with van der Waals surface area (Å²) < 4.78 is 6.28. The van der Waals surface area contributed by atoms with E-state index in [1.807, 2.05) is 102 Å². The van der Waals surface area contributed by atoms with E-state index in [4.69, 9.17) is 4.74 Å². The number of nitrogens with zero attached hydrogens (tertiary/aromatic N) is 1. The Balaban J connectivity index is 1.11. The van der Waals surface area contributed by atoms with Gasteiger partial charge < -0.3 is 19.8 Å². The number of benzene rings is 5. The van der Waals surface area contributed by atoms with Crippen LogP contribution in [-0.2, 0) is 6.42 Å². The van der Waals surface area contributed by atoms with E-state index in [9.17, 15) is 15.0 Å². The molecule has 0 aromatic heterocycles. The van der Waals surface area contributed by atoms with Gasteiger partial charge in [0.25, 0.3) is 0 Å². The standard InChI is InChI=1S/C56H63NO5/c1-37-13-12-29-55(4)50(47-27-21-38(31-44(58)25-20-37)32-49(47)52(59)48-19-11-10-18-46(48)40-15-6-5-7-16-40)28-30-56(55,61)36-57(35-42-22-24-43-34-51(42)54(43,2)3)53(60)62-45-26-23-39-14-8-9-17-41(39)33-45/h5-11,13-19,21,23,26-27,32-33,42-44,50-51,58,61H,12,20,22,24-25,28-31,34-36H2,1-4H3/t42-,43-,44-,50-,51-,55-,56+/m0/s1. The fourth-order valence-electron chi connectivity index (χ4n) is 12.3. The minimum Gasteiger partial charge on any atom is -0.410 e. The van der Waals surface area contributed by atoms with E-state index in [0.717, 1.165) is 64.6 Å². The number of hydrogen-bond donors (Lipinski definition) is 2. The molecule has 7 atom stereocenters. The zero-order valence-electron chi connectivity index (χ0n) is 37.0. The van der Waals surface area contributed by atoms with Crippen LogP contribution in [0.5, 0.6) is 5.75 Å². The van der Waals surface area contributed by atoms with Crippen molar-refractivity contribution in [2.75, 3.05) is 13.1 Å². The molecule has 0 radical (unpaired) electrons. The Bertz CT molecular complexity index is 2490. The van der Waals surface area contributed by atoms with E-state index in [-0.39, 0.29) is 23.7 Å². The number of aliphatic hydroxyl groups is 2. The largest absolute Gasteiger partial charge is 0.415 e. The van der Waals surface area contributed by atoms with Gasteiger partial charge >= 0.3 is 6.09 Å². The second-order valence-corrected chi connectivity index (χ2v) is 20.1. The smallest absolute Gasteiger partial charge is 0.410 e. The lowest BCUT2D eigenvalue weighted by Crippen LogP contribution is -2.58. The number of allylic oxidation sites excluding steroid dienone is 2. The summed E-state index contributed by atoms with van der Waals surface area (Å²) in [6.07, 6.45) is 9.12. The Morgan fingerprint density at radius 2 is 1.55 bits per heavy atom. The molecule has 0 unspecified atom stereocenters. The van der Waals surface area contributed by atoms with Crippen LogP contribution in [0.3, 0.4) is 0 Å². The van der Waals surface area contributed by atoms with Crippen LogP contribution in [-0.4, -0.2) is 51.8 Å². The molecule has 0 spiro atoms. The van der Waals surface area contributed by atoms with Gasteiger partial charge in [-0.25, -0.2) is 4.79 Å². The highest BCUT2D eigenvalue weighted by Crippen LogP contribution is 2.62. The molecule has 6 aliphatic rings. The van der Waals surface area contributed by atoms with Gasteiger partial charge in [-0.05, 0) is 151 Å². The molecule has 6 aliphatic carbocycles. The number of carbonyl (C=O) groups is 2. The molecular weight excluding hydrogens is 767 g/mol. The maximum atomic E-state index is 15.2. The van der Waals surface area contributed by atoms with E-state index in [2.05, 4.69) is 52.0 Å². The monoisotopic (exact) mass is 829 g/mol. The molecule has 0 aliphatic heterocycles. The van der Waals surface area contributed by atoms with Crippen LogP contribution < -0.4 is 4.74 Å². The van der Waals surface area contributed by atoms with Gasteiger partial charge in [0, 0.05) is 23.1 Å². The van der Waals surface area contributed by atoms with Crippen LogP contribution in [0.4, 0.5) is 4.79 Å². The van der Waals surface area contributed by atoms with Gasteiger partial charge in [0.15, 0.2) is 5.78 Å². The van der Waals surface area contributed by atoms with E-state index in [0.29, 0.717) is 67.4 Å². The highest BCUT2D eigenvalue weighted by Gasteiger charge is 2.59. The van der Waals surface area contributed by atoms with Crippen LogP contribution in [0.1, 0.15) is 118 Å². The third-order valence-corrected chi connectivity index (χ3v) is 16.3. The number of rotatable bonds is 8. The van der Waals surface area contributed by atoms with Gasteiger partial charge in [0.2, 0.25) is 0 Å². The Morgan fingerprint density at radius 1 is 0.790 bits per heavy atom. The van der Waals surface area contributed by atoms with Gasteiger partial charge in [0.1, 0.15) is 5.75 Å². The average Bonchev–Trinajstić information content (AvgIpc) is 3.53. The highest BCUT2D eigenvalue weighted by atomic mass is 16.6. The predicted molar refractivity (Wildman–Crippen MR) is 248 cm³/mol. The molecule has 6 heteroatoms. The minimum absolute atomic E-state index is 0.0595. The first-order valence-electron chi connectivity index (χ1n) is 23.2. The Hall–Kier alpha value is -5.04. The molecule has 0 heterocycles. The van der Waals surface area contributed by atoms with Gasteiger partial charge in [-0.3, -0.25) is 4.79 Å². The molecule has 1 amide bonds. The van der Waals surface area contributed by atoms with Gasteiger partial charge in [-0.2, -0.15) is 0 Å². The van der Waals surface area contributed by atoms with Crippen molar-refractivity contribution in [3.8, 4) is 16.9 Å². The molecule has 5 aromatic carbocycles. The molecule has 4 fully saturated rings. The lowest BCUT2D eigenvalue weighted by Gasteiger charge is -2.60. The molecule has 5 aromatic rings. The fraction of sp³-hybridized carbons (Fsp3) is 0.429. The predicted octanol–water partition coefficient (Wildman–Crippen LogP) is 12.3. The summed E-state index contributed by atoms with van der Waals surface area (Å²) in [7, 11) is 0. The van der Waals surface area contributed by atoms with Crippen molar-refractivity contribution < 1.29 is 24.5 Å². The fourth-order valence-corrected chi connectivity index (χ4v) is 12.3. The molecular formula is C56H63NO5. The van der Waals surface area contributed by atoms with Crippen LogP contribution in [0.2, 0.25) is 0 Å². The van der Waals surface area contributed by atoms with Gasteiger partial charge in [-0.15, -0.1) is 0 Å². The number of carbonyl (C=O) groups excluding carboxylic acids is 2. The van der Waals surface area contributed by atoms with Crippen molar-refractivity contribution in [3.63, 3.8) is 0 Å². The summed E-state index contributed by atoms with van der Waals surface area (Å²) in [5.74, 6) is 1.83. The number of amides is 1. The molecule has 62 heavy (non-hydrogen) atoms. The Kier molecular flexibility index (Phi) is 11.5. The van der Waals surface area contributed by atoms with Crippen molar-refractivity contribution in [1.29, 1.82) is 0 Å². The van der Waals surface area contributed by atoms with Gasteiger partial charge in [-0.1, -0.05) is 129 Å². The third kappa shape index (κ3) is 7.94. The Morgan fingerprint density at radius 3 is 2.34 bits per heavy atom. The van der Waals surface area contributed by atoms with Crippen LogP contribution in [0.15, 0.2) is 127 Å². The van der Waals surface area contributed by atoms with E-state index >= 15 is 4.79 Å². The van der Waals surface area contributed by atoms with E-state index < -0.39 is 23.2 Å². The second kappa shape index (κ2) is 16.9. The average molecular weight is 830 g/mol. The summed E-state index contributed by atoms with van der Waals surface area (Å²) in [6.45, 7) is 9.80. The number of aliphatic hydroxyl groups excluding tert-OH is 1. The highest BCUT2D eigenvalue weighted by molar-refractivity contribution is 6.14. The first kappa shape index (κ1) is 42.3. The number of ketones is 1. The SMILES string of the molecule is CC1=CCC[C@@]2(C)[C@@H](CC[C@@]2(O)CN(C[C@@H]2CC[C@H]3C[C@@H]2C3(C)C)C(=O)Oc2ccc3ccccc3c2)c2ccc(cc2C(=O)c2ccccc2-c2ccccc2)C[C@@H](O)CC1. The molecule has 0 saturated heterocycles. The van der Waals surface area contributed by atoms with Crippen LogP contribution in [0, 0.1) is 28.6 Å². The number of fused-ring (bicyclic) bond motifs is 11. The summed E-state index contributed by atoms with van der Waals surface area (Å²) >= 11 is 0. The van der Waals surface area contributed by atoms with Crippen molar-refractivity contribution >= 4 is 22.6 Å². The molecule has 2 N–H and O–H groups in total. The summed E-state index contributed by atoms with van der Waals surface area (Å²) in [4.78, 5) is 31.8. The van der Waals surface area contributed by atoms with E-state index in [1.165, 1.54) is 12.0 Å². The zero-order valence-corrected chi connectivity index (χ0v) is 37.0. The minimum atomic E-state index is -1.28. The lowest BCUT2D eigenvalue weighted by atomic mass is 9.45. The molecule has 11 rings (SSSR count). The van der Waals surface area contributed by atoms with Crippen molar-refractivity contribution in [2.45, 2.75) is 110 Å². The maximum Gasteiger partial charge on any atom is 0.415 e. The quantitative estimate of drug-likeness (QED) is 0.120. The normalized spacial score (nSPS) is 28.0. The van der Waals surface area contributed by atoms with Crippen LogP contribution in [0.25, 0.3) is 21.9 Å². The first-order chi connectivity index (χ1) is 29.8. The number of hydrogen-bond acceptors (Lipinski definition) is 5. The molecule has 322 valence electrons. The molecule has 4 saturated carbocycles. The number of ether oxygens (including phenoxy) is 1. The van der Waals surface area contributed by atoms with Crippen molar-refractivity contribution in [2.24, 2.45) is 28.6 Å². The maximum absolute atomic E-state index is 15.2. The molecule has 4 bridgehead atoms. The summed E-state index contributed by atoms with van der Waals surface area (Å²) in [6, 6.07) is 37.9. The first-order valence-corrected chi connectivity index (χ1v) is 23.2. The van der Waals surface area contributed by atoms with Gasteiger partial charge in [0.05, 0.1) is 18.2 Å². The Labute approximate surface area is 368 Å². The zero-order chi connectivity index (χ0) is 43.2. The van der Waals surface area contributed by atoms with Crippen LogP contribution >= 0.6 is 0 Å². The summed E-state index contributed by atoms with van der Waals surface area (Å²) in [5.41, 5.74) is 4.42. The van der Waals surface area contributed by atoms with E-state index in [1.54, 1.807) is 0 Å². The van der Waals surface area contributed by atoms with Crippen molar-refractivity contribution in [1.82, 2.24) is 4.90 Å². The summed E-state index contributed by atoms with van der Waals surface area (Å²) in [5, 5.41) is 26.8. The lowest BCUT2D eigenvalue weighted by molar-refractivity contribution is -0.119.